The van der Waals surface area contributed by atoms with Crippen LogP contribution in [0.15, 0.2) is 12.1 Å². The standard InChI is InChI=1S/C16H24N2O2/c1-11-7-8-14-12(6-5-9-17-14)13(11)10-18-15(19)20-16(2,3)4/h7-8,17H,5-6,9-10H2,1-4H3,(H,18,19). The summed E-state index contributed by atoms with van der Waals surface area (Å²) < 4.78 is 5.28. The molecule has 2 rings (SSSR count). The Hall–Kier alpha value is -1.71. The molecular weight excluding hydrogens is 252 g/mol. The van der Waals surface area contributed by atoms with Crippen molar-refractivity contribution in [3.63, 3.8) is 0 Å². The number of benzene rings is 1. The number of rotatable bonds is 2. The van der Waals surface area contributed by atoms with E-state index in [1.54, 1.807) is 0 Å². The van der Waals surface area contributed by atoms with Gasteiger partial charge in [-0.3, -0.25) is 0 Å². The molecule has 0 aromatic heterocycles. The first kappa shape index (κ1) is 14.7. The summed E-state index contributed by atoms with van der Waals surface area (Å²) in [6.07, 6.45) is 1.84. The molecule has 110 valence electrons. The molecule has 4 heteroatoms. The highest BCUT2D eigenvalue weighted by Gasteiger charge is 2.18. The quantitative estimate of drug-likeness (QED) is 0.870. The third-order valence-electron chi connectivity index (χ3n) is 3.39. The van der Waals surface area contributed by atoms with Crippen LogP contribution in [-0.2, 0) is 17.7 Å². The van der Waals surface area contributed by atoms with Crippen LogP contribution < -0.4 is 10.6 Å². The molecule has 1 heterocycles. The first-order valence-corrected chi connectivity index (χ1v) is 7.19. The summed E-state index contributed by atoms with van der Waals surface area (Å²) in [6, 6.07) is 4.23. The fraction of sp³-hybridized carbons (Fsp3) is 0.562. The Balaban J connectivity index is 2.08. The number of anilines is 1. The molecule has 20 heavy (non-hydrogen) atoms. The van der Waals surface area contributed by atoms with E-state index in [-0.39, 0.29) is 6.09 Å². The van der Waals surface area contributed by atoms with Crippen molar-refractivity contribution >= 4 is 11.8 Å². The third kappa shape index (κ3) is 3.65. The molecule has 0 spiro atoms. The van der Waals surface area contributed by atoms with Crippen molar-refractivity contribution in [1.82, 2.24) is 5.32 Å². The molecule has 0 bridgehead atoms. The van der Waals surface area contributed by atoms with Crippen LogP contribution >= 0.6 is 0 Å². The maximum atomic E-state index is 11.8. The van der Waals surface area contributed by atoms with E-state index in [0.717, 1.165) is 19.4 Å². The second kappa shape index (κ2) is 5.73. The maximum Gasteiger partial charge on any atom is 0.407 e. The summed E-state index contributed by atoms with van der Waals surface area (Å²) in [6.45, 7) is 9.23. The van der Waals surface area contributed by atoms with Gasteiger partial charge >= 0.3 is 6.09 Å². The Morgan fingerprint density at radius 3 is 2.85 bits per heavy atom. The third-order valence-corrected chi connectivity index (χ3v) is 3.39. The molecule has 0 fully saturated rings. The van der Waals surface area contributed by atoms with Crippen LogP contribution in [0.25, 0.3) is 0 Å². The average molecular weight is 276 g/mol. The highest BCUT2D eigenvalue weighted by atomic mass is 16.6. The van der Waals surface area contributed by atoms with Crippen LogP contribution in [-0.4, -0.2) is 18.2 Å². The van der Waals surface area contributed by atoms with Gasteiger partial charge in [0.15, 0.2) is 0 Å². The number of fused-ring (bicyclic) bond motifs is 1. The number of carbonyl (C=O) groups excluding carboxylic acids is 1. The zero-order chi connectivity index (χ0) is 14.8. The molecule has 1 aromatic carbocycles. The molecule has 1 aromatic rings. The summed E-state index contributed by atoms with van der Waals surface area (Å²) in [7, 11) is 0. The molecule has 4 nitrogen and oxygen atoms in total. The Kier molecular flexibility index (Phi) is 4.21. The van der Waals surface area contributed by atoms with Gasteiger partial charge in [0.25, 0.3) is 0 Å². The smallest absolute Gasteiger partial charge is 0.407 e. The molecule has 0 radical (unpaired) electrons. The van der Waals surface area contributed by atoms with E-state index in [1.807, 2.05) is 20.8 Å². The first-order chi connectivity index (χ1) is 9.37. The maximum absolute atomic E-state index is 11.8. The summed E-state index contributed by atoms with van der Waals surface area (Å²) >= 11 is 0. The first-order valence-electron chi connectivity index (χ1n) is 7.19. The van der Waals surface area contributed by atoms with Crippen molar-refractivity contribution in [1.29, 1.82) is 0 Å². The van der Waals surface area contributed by atoms with Crippen molar-refractivity contribution in [2.45, 2.75) is 52.7 Å². The molecular formula is C16H24N2O2. The highest BCUT2D eigenvalue weighted by Crippen LogP contribution is 2.27. The van der Waals surface area contributed by atoms with Crippen molar-refractivity contribution in [2.75, 3.05) is 11.9 Å². The minimum Gasteiger partial charge on any atom is -0.444 e. The molecule has 1 amide bonds. The van der Waals surface area contributed by atoms with Crippen molar-refractivity contribution in [2.24, 2.45) is 0 Å². The predicted octanol–water partition coefficient (Wildman–Crippen LogP) is 3.38. The van der Waals surface area contributed by atoms with Gasteiger partial charge in [-0.15, -0.1) is 0 Å². The summed E-state index contributed by atoms with van der Waals surface area (Å²) in [4.78, 5) is 11.8. The van der Waals surface area contributed by atoms with Gasteiger partial charge in [-0.1, -0.05) is 6.07 Å². The van der Waals surface area contributed by atoms with E-state index < -0.39 is 5.60 Å². The number of carbonyl (C=O) groups is 1. The lowest BCUT2D eigenvalue weighted by molar-refractivity contribution is 0.0523. The molecule has 0 atom stereocenters. The summed E-state index contributed by atoms with van der Waals surface area (Å²) in [5.41, 5.74) is 4.48. The minimum atomic E-state index is -0.462. The van der Waals surface area contributed by atoms with E-state index in [0.29, 0.717) is 6.54 Å². The number of aryl methyl sites for hydroxylation is 1. The van der Waals surface area contributed by atoms with E-state index in [4.69, 9.17) is 4.74 Å². The normalized spacial score (nSPS) is 14.2. The van der Waals surface area contributed by atoms with E-state index in [1.165, 1.54) is 22.4 Å². The minimum absolute atomic E-state index is 0.363. The lowest BCUT2D eigenvalue weighted by atomic mass is 9.94. The van der Waals surface area contributed by atoms with Gasteiger partial charge in [0.2, 0.25) is 0 Å². The fourth-order valence-electron chi connectivity index (χ4n) is 2.47. The zero-order valence-corrected chi connectivity index (χ0v) is 12.8. The molecule has 0 saturated heterocycles. The predicted molar refractivity (Wildman–Crippen MR) is 81.1 cm³/mol. The van der Waals surface area contributed by atoms with E-state index in [2.05, 4.69) is 29.7 Å². The Labute approximate surface area is 120 Å². The molecule has 1 aliphatic heterocycles. The van der Waals surface area contributed by atoms with E-state index in [9.17, 15) is 4.79 Å². The van der Waals surface area contributed by atoms with Crippen LogP contribution in [0.4, 0.5) is 10.5 Å². The van der Waals surface area contributed by atoms with Gasteiger partial charge in [-0.2, -0.15) is 0 Å². The topological polar surface area (TPSA) is 50.4 Å². The largest absolute Gasteiger partial charge is 0.444 e. The molecule has 1 aliphatic rings. The Morgan fingerprint density at radius 2 is 2.15 bits per heavy atom. The van der Waals surface area contributed by atoms with Crippen LogP contribution in [0.2, 0.25) is 0 Å². The van der Waals surface area contributed by atoms with Gasteiger partial charge in [0.1, 0.15) is 5.60 Å². The van der Waals surface area contributed by atoms with Crippen LogP contribution in [0.5, 0.6) is 0 Å². The lowest BCUT2D eigenvalue weighted by Crippen LogP contribution is -2.32. The van der Waals surface area contributed by atoms with Gasteiger partial charge < -0.3 is 15.4 Å². The van der Waals surface area contributed by atoms with Gasteiger partial charge in [0.05, 0.1) is 0 Å². The second-order valence-corrected chi connectivity index (χ2v) is 6.27. The van der Waals surface area contributed by atoms with Crippen molar-refractivity contribution in [3.05, 3.63) is 28.8 Å². The Bertz CT molecular complexity index is 504. The highest BCUT2D eigenvalue weighted by molar-refractivity contribution is 5.68. The van der Waals surface area contributed by atoms with Crippen LogP contribution in [0.3, 0.4) is 0 Å². The number of hydrogen-bond donors (Lipinski definition) is 2. The summed E-state index contributed by atoms with van der Waals surface area (Å²) in [5.74, 6) is 0. The lowest BCUT2D eigenvalue weighted by Gasteiger charge is -2.24. The molecule has 2 N–H and O–H groups in total. The molecule has 0 saturated carbocycles. The average Bonchev–Trinajstić information content (AvgIpc) is 2.35. The fourth-order valence-corrected chi connectivity index (χ4v) is 2.47. The number of amides is 1. The Morgan fingerprint density at radius 1 is 1.40 bits per heavy atom. The van der Waals surface area contributed by atoms with Crippen LogP contribution in [0.1, 0.15) is 43.9 Å². The number of nitrogens with one attached hydrogen (secondary N) is 2. The van der Waals surface area contributed by atoms with Gasteiger partial charge in [0, 0.05) is 18.8 Å². The SMILES string of the molecule is Cc1ccc2c(c1CNC(=O)OC(C)(C)C)CCCN2. The van der Waals surface area contributed by atoms with E-state index >= 15 is 0 Å². The monoisotopic (exact) mass is 276 g/mol. The van der Waals surface area contributed by atoms with Crippen molar-refractivity contribution < 1.29 is 9.53 Å². The molecule has 0 unspecified atom stereocenters. The summed E-state index contributed by atoms with van der Waals surface area (Å²) in [5, 5.41) is 6.27. The second-order valence-electron chi connectivity index (χ2n) is 6.27. The van der Waals surface area contributed by atoms with Crippen molar-refractivity contribution in [3.8, 4) is 0 Å². The molecule has 0 aliphatic carbocycles. The number of alkyl carbamates (subject to hydrolysis) is 1. The van der Waals surface area contributed by atoms with Gasteiger partial charge in [-0.25, -0.2) is 4.79 Å². The number of hydrogen-bond acceptors (Lipinski definition) is 3. The number of ether oxygens (including phenoxy) is 1. The van der Waals surface area contributed by atoms with Crippen LogP contribution in [0, 0.1) is 6.92 Å². The zero-order valence-electron chi connectivity index (χ0n) is 12.8. The van der Waals surface area contributed by atoms with Gasteiger partial charge in [-0.05, 0) is 63.3 Å².